The molecule has 0 fully saturated rings. The molecule has 3 N–H and O–H groups in total. The number of ether oxygens (including phenoxy) is 1. The Kier molecular flexibility index (Phi) is 3.49. The number of carbonyl (C=O) groups is 1. The molecule has 0 saturated heterocycles. The average Bonchev–Trinajstić information content (AvgIpc) is 2.40. The molecule has 0 amide bonds. The van der Waals surface area contributed by atoms with E-state index < -0.39 is 5.97 Å². The van der Waals surface area contributed by atoms with E-state index in [0.717, 1.165) is 11.8 Å². The summed E-state index contributed by atoms with van der Waals surface area (Å²) >= 11 is 0. The fourth-order valence-electron chi connectivity index (χ4n) is 1.29. The number of hydrogen-bond donors (Lipinski definition) is 2. The Morgan fingerprint density at radius 1 is 1.22 bits per heavy atom. The normalized spacial score (nSPS) is 10.1. The van der Waals surface area contributed by atoms with E-state index in [4.69, 9.17) is 15.6 Å². The van der Waals surface area contributed by atoms with E-state index in [9.17, 15) is 4.79 Å². The van der Waals surface area contributed by atoms with Crippen LogP contribution >= 0.6 is 0 Å². The van der Waals surface area contributed by atoms with Crippen molar-refractivity contribution in [1.29, 1.82) is 0 Å². The molecule has 6 nitrogen and oxygen atoms in total. The summed E-state index contributed by atoms with van der Waals surface area (Å²) in [7, 11) is 0. The highest BCUT2D eigenvalue weighted by molar-refractivity contribution is 5.84. The summed E-state index contributed by atoms with van der Waals surface area (Å²) in [5.41, 5.74) is 6.35. The number of aromatic carboxylic acids is 1. The number of hydrogen-bond acceptors (Lipinski definition) is 5. The molecular formula is C12H11N3O3. The summed E-state index contributed by atoms with van der Waals surface area (Å²) in [6.07, 6.45) is 2.41. The number of nitrogens with two attached hydrogens (primary N) is 1. The number of aromatic nitrogens is 2. The van der Waals surface area contributed by atoms with E-state index in [2.05, 4.69) is 9.97 Å². The molecule has 0 aliphatic rings. The number of nitrogens with zero attached hydrogens (tertiary/aromatic N) is 2. The van der Waals surface area contributed by atoms with Gasteiger partial charge in [-0.1, -0.05) is 12.1 Å². The molecule has 0 spiro atoms. The van der Waals surface area contributed by atoms with Gasteiger partial charge in [0.15, 0.2) is 5.69 Å². The van der Waals surface area contributed by atoms with Crippen LogP contribution in [0.4, 0.5) is 0 Å². The molecule has 2 aromatic rings. The zero-order valence-corrected chi connectivity index (χ0v) is 9.41. The minimum absolute atomic E-state index is 0.124. The number of benzene rings is 1. The van der Waals surface area contributed by atoms with E-state index in [1.54, 1.807) is 12.1 Å². The van der Waals surface area contributed by atoms with Crippen LogP contribution in [0.3, 0.4) is 0 Å². The fraction of sp³-hybridized carbons (Fsp3) is 0.0833. The van der Waals surface area contributed by atoms with Crippen LogP contribution in [-0.2, 0) is 6.54 Å². The largest absolute Gasteiger partial charge is 0.476 e. The third kappa shape index (κ3) is 2.80. The fourth-order valence-corrected chi connectivity index (χ4v) is 1.29. The Morgan fingerprint density at radius 2 is 1.94 bits per heavy atom. The lowest BCUT2D eigenvalue weighted by atomic mass is 10.2. The third-order valence-electron chi connectivity index (χ3n) is 2.23. The van der Waals surface area contributed by atoms with Gasteiger partial charge in [-0.3, -0.25) is 0 Å². The maximum atomic E-state index is 10.6. The van der Waals surface area contributed by atoms with E-state index in [1.807, 2.05) is 12.1 Å². The summed E-state index contributed by atoms with van der Waals surface area (Å²) in [6, 6.07) is 7.20. The van der Waals surface area contributed by atoms with Gasteiger partial charge in [0.2, 0.25) is 5.88 Å². The van der Waals surface area contributed by atoms with Crippen LogP contribution < -0.4 is 10.5 Å². The molecule has 18 heavy (non-hydrogen) atoms. The number of carboxylic acid groups (broad SMARTS) is 1. The topological polar surface area (TPSA) is 98.3 Å². The van der Waals surface area contributed by atoms with Gasteiger partial charge in [0.05, 0.1) is 12.4 Å². The van der Waals surface area contributed by atoms with Crippen LogP contribution in [0.2, 0.25) is 0 Å². The van der Waals surface area contributed by atoms with Gasteiger partial charge in [-0.15, -0.1) is 0 Å². The first-order valence-electron chi connectivity index (χ1n) is 5.21. The molecule has 0 saturated carbocycles. The first kappa shape index (κ1) is 12.0. The quantitative estimate of drug-likeness (QED) is 0.845. The molecule has 1 heterocycles. The predicted molar refractivity (Wildman–Crippen MR) is 63.4 cm³/mol. The summed E-state index contributed by atoms with van der Waals surface area (Å²) in [5.74, 6) is -0.300. The number of carboxylic acids is 1. The van der Waals surface area contributed by atoms with Gasteiger partial charge < -0.3 is 15.6 Å². The second kappa shape index (κ2) is 5.24. The van der Waals surface area contributed by atoms with E-state index >= 15 is 0 Å². The van der Waals surface area contributed by atoms with Gasteiger partial charge in [0, 0.05) is 6.54 Å². The molecule has 0 unspecified atom stereocenters. The molecule has 92 valence electrons. The molecule has 1 aromatic carbocycles. The summed E-state index contributed by atoms with van der Waals surface area (Å²) in [4.78, 5) is 18.1. The molecule has 2 rings (SSSR count). The maximum Gasteiger partial charge on any atom is 0.356 e. The molecule has 0 radical (unpaired) electrons. The van der Waals surface area contributed by atoms with Crippen molar-refractivity contribution in [2.24, 2.45) is 5.73 Å². The Balaban J connectivity index is 2.10. The Morgan fingerprint density at radius 3 is 2.44 bits per heavy atom. The van der Waals surface area contributed by atoms with Crippen LogP contribution in [0, 0.1) is 0 Å². The van der Waals surface area contributed by atoms with Crippen molar-refractivity contribution in [3.8, 4) is 11.6 Å². The van der Waals surface area contributed by atoms with E-state index in [0.29, 0.717) is 12.3 Å². The number of rotatable bonds is 4. The van der Waals surface area contributed by atoms with Gasteiger partial charge >= 0.3 is 5.97 Å². The third-order valence-corrected chi connectivity index (χ3v) is 2.23. The highest BCUT2D eigenvalue weighted by Gasteiger charge is 2.05. The summed E-state index contributed by atoms with van der Waals surface area (Å²) in [5, 5.41) is 8.67. The van der Waals surface area contributed by atoms with Crippen molar-refractivity contribution in [2.45, 2.75) is 6.54 Å². The smallest absolute Gasteiger partial charge is 0.356 e. The van der Waals surface area contributed by atoms with Crippen molar-refractivity contribution >= 4 is 5.97 Å². The van der Waals surface area contributed by atoms with Crippen molar-refractivity contribution in [1.82, 2.24) is 9.97 Å². The average molecular weight is 245 g/mol. The van der Waals surface area contributed by atoms with E-state index in [1.165, 1.54) is 6.20 Å². The predicted octanol–water partition coefficient (Wildman–Crippen LogP) is 1.43. The van der Waals surface area contributed by atoms with Gasteiger partial charge in [-0.05, 0) is 17.7 Å². The summed E-state index contributed by atoms with van der Waals surface area (Å²) in [6.45, 7) is 0.466. The highest BCUT2D eigenvalue weighted by atomic mass is 16.5. The van der Waals surface area contributed by atoms with Gasteiger partial charge in [-0.25, -0.2) is 14.8 Å². The van der Waals surface area contributed by atoms with Gasteiger partial charge in [0.25, 0.3) is 0 Å². The lowest BCUT2D eigenvalue weighted by molar-refractivity contribution is 0.0690. The lowest BCUT2D eigenvalue weighted by Crippen LogP contribution is -2.01. The van der Waals surface area contributed by atoms with Crippen LogP contribution in [0.5, 0.6) is 11.6 Å². The van der Waals surface area contributed by atoms with Crippen molar-refractivity contribution in [3.05, 3.63) is 47.9 Å². The minimum Gasteiger partial charge on any atom is -0.476 e. The summed E-state index contributed by atoms with van der Waals surface area (Å²) < 4.78 is 5.41. The molecular weight excluding hydrogens is 234 g/mol. The highest BCUT2D eigenvalue weighted by Crippen LogP contribution is 2.18. The maximum absolute atomic E-state index is 10.6. The lowest BCUT2D eigenvalue weighted by Gasteiger charge is -2.04. The monoisotopic (exact) mass is 245 g/mol. The van der Waals surface area contributed by atoms with Crippen LogP contribution in [-0.4, -0.2) is 21.0 Å². The molecule has 0 aliphatic heterocycles. The molecule has 0 aliphatic carbocycles. The second-order valence-electron chi connectivity index (χ2n) is 3.50. The first-order valence-corrected chi connectivity index (χ1v) is 5.21. The zero-order chi connectivity index (χ0) is 13.0. The standard InChI is InChI=1S/C12H11N3O3/c13-5-8-1-3-9(4-2-8)18-11-7-14-10(6-15-11)12(16)17/h1-4,6-7H,5,13H2,(H,16,17). The van der Waals surface area contributed by atoms with Crippen molar-refractivity contribution in [3.63, 3.8) is 0 Å². The van der Waals surface area contributed by atoms with Crippen LogP contribution in [0.15, 0.2) is 36.7 Å². The molecule has 6 heteroatoms. The van der Waals surface area contributed by atoms with Gasteiger partial charge in [0.1, 0.15) is 5.75 Å². The second-order valence-corrected chi connectivity index (χ2v) is 3.50. The van der Waals surface area contributed by atoms with Crippen molar-refractivity contribution in [2.75, 3.05) is 0 Å². The Labute approximate surface area is 103 Å². The van der Waals surface area contributed by atoms with Crippen LogP contribution in [0.1, 0.15) is 16.1 Å². The SMILES string of the molecule is NCc1ccc(Oc2cnc(C(=O)O)cn2)cc1. The minimum atomic E-state index is -1.12. The molecule has 0 bridgehead atoms. The Hall–Kier alpha value is -2.47. The van der Waals surface area contributed by atoms with Crippen LogP contribution in [0.25, 0.3) is 0 Å². The van der Waals surface area contributed by atoms with Gasteiger partial charge in [-0.2, -0.15) is 0 Å². The zero-order valence-electron chi connectivity index (χ0n) is 9.41. The molecule has 0 atom stereocenters. The van der Waals surface area contributed by atoms with E-state index in [-0.39, 0.29) is 11.6 Å². The Bertz CT molecular complexity index is 537. The van der Waals surface area contributed by atoms with Crippen molar-refractivity contribution < 1.29 is 14.6 Å². The first-order chi connectivity index (χ1) is 8.69. The molecule has 1 aromatic heterocycles.